The Morgan fingerprint density at radius 2 is 1.93 bits per heavy atom. The molecule has 3 rings (SSSR count). The number of aryl methyl sites for hydroxylation is 1. The lowest BCUT2D eigenvalue weighted by atomic mass is 10.2. The number of hydrogen-bond donors (Lipinski definition) is 2. The molecule has 1 saturated heterocycles. The Morgan fingerprint density at radius 1 is 1.27 bits per heavy atom. The number of hydrogen-bond acceptors (Lipinski definition) is 6. The lowest BCUT2D eigenvalue weighted by Crippen LogP contribution is -2.28. The van der Waals surface area contributed by atoms with Crippen LogP contribution in [0.25, 0.3) is 0 Å². The summed E-state index contributed by atoms with van der Waals surface area (Å²) in [5.41, 5.74) is 2.60. The molecular formula is C20H18Br2N4O3S. The maximum atomic E-state index is 12.2. The van der Waals surface area contributed by atoms with E-state index in [1.165, 1.54) is 11.8 Å². The highest BCUT2D eigenvalue weighted by Crippen LogP contribution is 2.34. The number of amidine groups is 1. The van der Waals surface area contributed by atoms with E-state index in [1.54, 1.807) is 13.3 Å². The largest absolute Gasteiger partial charge is 0.494 e. The van der Waals surface area contributed by atoms with Gasteiger partial charge in [-0.25, -0.2) is 0 Å². The molecule has 1 unspecified atom stereocenters. The molecule has 1 aliphatic rings. The average molecular weight is 554 g/mol. The fraction of sp³-hybridized carbons (Fsp3) is 0.200. The van der Waals surface area contributed by atoms with E-state index in [0.29, 0.717) is 16.6 Å². The lowest BCUT2D eigenvalue weighted by Gasteiger charge is -2.07. The first-order valence-corrected chi connectivity index (χ1v) is 11.3. The number of amides is 2. The van der Waals surface area contributed by atoms with Crippen LogP contribution >= 0.6 is 43.6 Å². The molecule has 2 amide bonds. The molecule has 1 atom stereocenters. The molecular weight excluding hydrogens is 536 g/mol. The van der Waals surface area contributed by atoms with Crippen LogP contribution in [0.5, 0.6) is 5.75 Å². The lowest BCUT2D eigenvalue weighted by molar-refractivity contribution is -0.122. The second kappa shape index (κ2) is 10.2. The van der Waals surface area contributed by atoms with Crippen LogP contribution in [0.2, 0.25) is 0 Å². The molecule has 0 radical (unpaired) electrons. The van der Waals surface area contributed by atoms with E-state index in [2.05, 4.69) is 52.7 Å². The van der Waals surface area contributed by atoms with Crippen molar-refractivity contribution in [2.24, 2.45) is 10.2 Å². The van der Waals surface area contributed by atoms with Gasteiger partial charge in [-0.2, -0.15) is 5.10 Å². The smallest absolute Gasteiger partial charge is 0.240 e. The third-order valence-corrected chi connectivity index (χ3v) is 6.31. The van der Waals surface area contributed by atoms with Crippen molar-refractivity contribution < 1.29 is 14.3 Å². The van der Waals surface area contributed by atoms with E-state index in [0.717, 1.165) is 20.1 Å². The fourth-order valence-corrected chi connectivity index (χ4v) is 5.07. The van der Waals surface area contributed by atoms with Gasteiger partial charge in [-0.05, 0) is 68.6 Å². The number of carbonyl (C=O) groups excluding carboxylic acids is 2. The number of thioether (sulfide) groups is 1. The monoisotopic (exact) mass is 552 g/mol. The summed E-state index contributed by atoms with van der Waals surface area (Å²) in [6.45, 7) is 1.97. The number of halogens is 2. The molecule has 0 aromatic heterocycles. The van der Waals surface area contributed by atoms with Crippen molar-refractivity contribution in [2.45, 2.75) is 18.6 Å². The minimum atomic E-state index is -0.548. The normalized spacial score (nSPS) is 17.4. The predicted octanol–water partition coefficient (Wildman–Crippen LogP) is 4.48. The molecule has 0 aliphatic carbocycles. The predicted molar refractivity (Wildman–Crippen MR) is 127 cm³/mol. The number of anilines is 1. The summed E-state index contributed by atoms with van der Waals surface area (Å²) in [6, 6.07) is 11.2. The zero-order valence-corrected chi connectivity index (χ0v) is 20.1. The molecule has 7 nitrogen and oxygen atoms in total. The van der Waals surface area contributed by atoms with Gasteiger partial charge in [0.2, 0.25) is 11.8 Å². The van der Waals surface area contributed by atoms with Crippen LogP contribution in [0.15, 0.2) is 55.5 Å². The molecule has 1 fully saturated rings. The maximum Gasteiger partial charge on any atom is 0.240 e. The van der Waals surface area contributed by atoms with Gasteiger partial charge in [0, 0.05) is 12.1 Å². The van der Waals surface area contributed by atoms with Gasteiger partial charge in [0.15, 0.2) is 5.17 Å². The van der Waals surface area contributed by atoms with E-state index in [4.69, 9.17) is 4.74 Å². The van der Waals surface area contributed by atoms with Crippen molar-refractivity contribution in [3.8, 4) is 5.75 Å². The first-order chi connectivity index (χ1) is 14.4. The number of nitrogens with zero attached hydrogens (tertiary/aromatic N) is 2. The second-order valence-corrected chi connectivity index (χ2v) is 9.28. The van der Waals surface area contributed by atoms with Crippen LogP contribution < -0.4 is 15.4 Å². The highest BCUT2D eigenvalue weighted by Gasteiger charge is 2.32. The number of ether oxygens (including phenoxy) is 1. The molecule has 1 aliphatic heterocycles. The zero-order chi connectivity index (χ0) is 21.7. The summed E-state index contributed by atoms with van der Waals surface area (Å²) in [5, 5.41) is 13.3. The molecule has 1 heterocycles. The van der Waals surface area contributed by atoms with Crippen LogP contribution in [0.3, 0.4) is 0 Å². The van der Waals surface area contributed by atoms with Gasteiger partial charge in [-0.3, -0.25) is 9.59 Å². The quantitative estimate of drug-likeness (QED) is 0.407. The van der Waals surface area contributed by atoms with E-state index in [1.807, 2.05) is 43.3 Å². The number of rotatable bonds is 6. The summed E-state index contributed by atoms with van der Waals surface area (Å²) in [7, 11) is 1.59. The number of nitrogens with one attached hydrogen (secondary N) is 2. The number of benzene rings is 2. The molecule has 2 N–H and O–H groups in total. The first kappa shape index (κ1) is 22.5. The molecule has 0 saturated carbocycles. The van der Waals surface area contributed by atoms with Crippen molar-refractivity contribution in [1.82, 2.24) is 5.32 Å². The van der Waals surface area contributed by atoms with Gasteiger partial charge >= 0.3 is 0 Å². The molecule has 2 aromatic carbocycles. The molecule has 10 heteroatoms. The second-order valence-electron chi connectivity index (χ2n) is 6.38. The van der Waals surface area contributed by atoms with Crippen LogP contribution in [-0.2, 0) is 9.59 Å². The third kappa shape index (κ3) is 5.93. The summed E-state index contributed by atoms with van der Waals surface area (Å²) in [6.07, 6.45) is 1.61. The van der Waals surface area contributed by atoms with Crippen molar-refractivity contribution in [2.75, 3.05) is 12.4 Å². The van der Waals surface area contributed by atoms with Crippen molar-refractivity contribution >= 4 is 72.5 Å². The van der Waals surface area contributed by atoms with Gasteiger partial charge in [0.05, 0.1) is 22.3 Å². The molecule has 0 spiro atoms. The fourth-order valence-electron chi connectivity index (χ4n) is 2.60. The van der Waals surface area contributed by atoms with Crippen molar-refractivity contribution in [1.29, 1.82) is 0 Å². The van der Waals surface area contributed by atoms with Gasteiger partial charge < -0.3 is 15.4 Å². The Labute approximate surface area is 195 Å². The van der Waals surface area contributed by atoms with E-state index < -0.39 is 5.25 Å². The van der Waals surface area contributed by atoms with Crippen molar-refractivity contribution in [3.63, 3.8) is 0 Å². The standard InChI is InChI=1S/C20H18Br2N4O3S/c1-11-3-5-13(6-4-11)24-17(27)9-16-19(28)25-20(30-16)26-23-10-12-7-14(21)18(29-2)15(22)8-12/h3-8,10,16H,9H2,1-2H3,(H,24,27)(H,25,26,28)/b23-10+. The third-order valence-electron chi connectivity index (χ3n) is 4.06. The highest BCUT2D eigenvalue weighted by atomic mass is 79.9. The van der Waals surface area contributed by atoms with E-state index in [-0.39, 0.29) is 18.2 Å². The summed E-state index contributed by atoms with van der Waals surface area (Å²) < 4.78 is 6.81. The first-order valence-electron chi connectivity index (χ1n) is 8.84. The Bertz CT molecular complexity index is 1000. The van der Waals surface area contributed by atoms with E-state index >= 15 is 0 Å². The SMILES string of the molecule is COc1c(Br)cc(/C=N/N=C2\NC(=O)C(CC(=O)Nc3ccc(C)cc3)S2)cc1Br. The molecule has 30 heavy (non-hydrogen) atoms. The minimum absolute atomic E-state index is 0.0471. The summed E-state index contributed by atoms with van der Waals surface area (Å²) >= 11 is 8.04. The molecule has 0 bridgehead atoms. The van der Waals surface area contributed by atoms with E-state index in [9.17, 15) is 9.59 Å². The average Bonchev–Trinajstić information content (AvgIpc) is 3.02. The Hall–Kier alpha value is -2.17. The Kier molecular flexibility index (Phi) is 7.68. The van der Waals surface area contributed by atoms with Crippen molar-refractivity contribution in [3.05, 3.63) is 56.5 Å². The Morgan fingerprint density at radius 3 is 2.57 bits per heavy atom. The van der Waals surface area contributed by atoms with Crippen LogP contribution in [0.1, 0.15) is 17.5 Å². The van der Waals surface area contributed by atoms with Crippen LogP contribution in [0, 0.1) is 6.92 Å². The topological polar surface area (TPSA) is 92.2 Å². The summed E-state index contributed by atoms with van der Waals surface area (Å²) in [5.74, 6) is 0.191. The highest BCUT2D eigenvalue weighted by molar-refractivity contribution is 9.11. The van der Waals surface area contributed by atoms with Gasteiger partial charge in [-0.15, -0.1) is 5.10 Å². The van der Waals surface area contributed by atoms with Gasteiger partial charge in [0.25, 0.3) is 0 Å². The zero-order valence-electron chi connectivity index (χ0n) is 16.1. The maximum absolute atomic E-state index is 12.2. The Balaban J connectivity index is 1.58. The number of carbonyl (C=O) groups is 2. The number of methoxy groups -OCH3 is 1. The van der Waals surface area contributed by atoms with Crippen LogP contribution in [-0.4, -0.2) is 35.6 Å². The minimum Gasteiger partial charge on any atom is -0.494 e. The van der Waals surface area contributed by atoms with Gasteiger partial charge in [-0.1, -0.05) is 29.5 Å². The summed E-state index contributed by atoms with van der Waals surface area (Å²) in [4.78, 5) is 24.4. The molecule has 2 aromatic rings. The molecule has 156 valence electrons. The van der Waals surface area contributed by atoms with Crippen LogP contribution in [0.4, 0.5) is 5.69 Å². The van der Waals surface area contributed by atoms with Gasteiger partial charge in [0.1, 0.15) is 11.0 Å².